The third kappa shape index (κ3) is 3.19. The summed E-state index contributed by atoms with van der Waals surface area (Å²) in [6, 6.07) is 13.6. The average Bonchev–Trinajstić information content (AvgIpc) is 2.67. The number of aryl methyl sites for hydroxylation is 2. The zero-order valence-corrected chi connectivity index (χ0v) is 17.1. The van der Waals surface area contributed by atoms with Crippen LogP contribution >= 0.6 is 0 Å². The summed E-state index contributed by atoms with van der Waals surface area (Å²) in [5.41, 5.74) is 5.43. The van der Waals surface area contributed by atoms with Crippen LogP contribution in [0, 0.1) is 19.8 Å². The van der Waals surface area contributed by atoms with Crippen LogP contribution in [0.4, 0.5) is 0 Å². The molecule has 0 fully saturated rings. The zero-order chi connectivity index (χ0) is 20.7. The number of hydrogen-bond donors (Lipinski definition) is 0. The Balaban J connectivity index is 2.08. The van der Waals surface area contributed by atoms with Gasteiger partial charge in [0.2, 0.25) is 0 Å². The lowest BCUT2D eigenvalue weighted by molar-refractivity contribution is -0.147. The van der Waals surface area contributed by atoms with Crippen molar-refractivity contribution >= 4 is 23.0 Å². The molecule has 29 heavy (non-hydrogen) atoms. The molecule has 2 atom stereocenters. The molecule has 0 saturated heterocycles. The zero-order valence-electron chi connectivity index (χ0n) is 17.1. The Morgan fingerprint density at radius 1 is 1.10 bits per heavy atom. The number of fused-ring (bicyclic) bond motifs is 3. The first-order valence-corrected chi connectivity index (χ1v) is 9.90. The Labute approximate surface area is 169 Å². The number of esters is 1. The SMILES string of the molecule is CCOC(=O)C1C(C)=Cc2c(c(=O)oc3cc(C)cc(C)c23)C1c1ccccc1. The van der Waals surface area contributed by atoms with E-state index in [-0.39, 0.29) is 5.97 Å². The van der Waals surface area contributed by atoms with Crippen molar-refractivity contribution < 1.29 is 13.9 Å². The molecule has 1 aliphatic carbocycles. The Hall–Kier alpha value is -3.14. The fraction of sp³-hybridized carbons (Fsp3) is 0.280. The second-order valence-corrected chi connectivity index (χ2v) is 7.68. The lowest BCUT2D eigenvalue weighted by Gasteiger charge is -2.31. The lowest BCUT2D eigenvalue weighted by atomic mass is 9.71. The average molecular weight is 388 g/mol. The van der Waals surface area contributed by atoms with Crippen molar-refractivity contribution in [2.45, 2.75) is 33.6 Å². The van der Waals surface area contributed by atoms with E-state index in [2.05, 4.69) is 6.07 Å². The van der Waals surface area contributed by atoms with Crippen molar-refractivity contribution in [3.63, 3.8) is 0 Å². The van der Waals surface area contributed by atoms with Gasteiger partial charge in [0.05, 0.1) is 18.1 Å². The van der Waals surface area contributed by atoms with Gasteiger partial charge in [-0.25, -0.2) is 4.79 Å². The number of rotatable bonds is 3. The highest BCUT2D eigenvalue weighted by Crippen LogP contribution is 2.44. The van der Waals surface area contributed by atoms with Gasteiger partial charge in [0.25, 0.3) is 0 Å². The van der Waals surface area contributed by atoms with Crippen LogP contribution in [0.3, 0.4) is 0 Å². The minimum absolute atomic E-state index is 0.293. The van der Waals surface area contributed by atoms with Crippen LogP contribution in [-0.2, 0) is 9.53 Å². The number of hydrogen-bond acceptors (Lipinski definition) is 4. The standard InChI is InChI=1S/C25H24O4/c1-5-28-24(26)21-16(4)13-18-20-15(3)11-14(2)12-19(20)29-25(27)23(18)22(21)17-9-7-6-8-10-17/h6-13,21-22H,5H2,1-4H3. The quantitative estimate of drug-likeness (QED) is 0.461. The third-order valence-corrected chi connectivity index (χ3v) is 5.63. The minimum Gasteiger partial charge on any atom is -0.466 e. The maximum absolute atomic E-state index is 13.2. The highest BCUT2D eigenvalue weighted by molar-refractivity contribution is 5.94. The molecule has 4 nitrogen and oxygen atoms in total. The monoisotopic (exact) mass is 388 g/mol. The summed E-state index contributed by atoms with van der Waals surface area (Å²) in [6.07, 6.45) is 1.96. The van der Waals surface area contributed by atoms with Crippen LogP contribution in [0.25, 0.3) is 17.0 Å². The van der Waals surface area contributed by atoms with E-state index in [0.717, 1.165) is 33.2 Å². The van der Waals surface area contributed by atoms with Crippen molar-refractivity contribution in [1.82, 2.24) is 0 Å². The lowest BCUT2D eigenvalue weighted by Crippen LogP contribution is -2.32. The molecule has 4 rings (SSSR count). The predicted molar refractivity (Wildman–Crippen MR) is 114 cm³/mol. The Morgan fingerprint density at radius 2 is 1.83 bits per heavy atom. The van der Waals surface area contributed by atoms with E-state index in [1.807, 2.05) is 63.2 Å². The molecule has 0 bridgehead atoms. The van der Waals surface area contributed by atoms with Crippen molar-refractivity contribution in [2.75, 3.05) is 6.61 Å². The number of benzene rings is 2. The predicted octanol–water partition coefficient (Wildman–Crippen LogP) is 5.14. The molecule has 2 unspecified atom stereocenters. The van der Waals surface area contributed by atoms with E-state index in [1.54, 1.807) is 6.92 Å². The second-order valence-electron chi connectivity index (χ2n) is 7.68. The van der Waals surface area contributed by atoms with Gasteiger partial charge in [-0.3, -0.25) is 4.79 Å². The molecule has 4 heteroatoms. The van der Waals surface area contributed by atoms with Crippen molar-refractivity contribution in [3.8, 4) is 0 Å². The fourth-order valence-corrected chi connectivity index (χ4v) is 4.52. The fourth-order valence-electron chi connectivity index (χ4n) is 4.52. The van der Waals surface area contributed by atoms with Crippen LogP contribution in [-0.4, -0.2) is 12.6 Å². The van der Waals surface area contributed by atoms with E-state index in [0.29, 0.717) is 17.8 Å². The molecular formula is C25H24O4. The molecule has 0 aliphatic heterocycles. The van der Waals surface area contributed by atoms with E-state index in [9.17, 15) is 9.59 Å². The molecule has 1 aromatic heterocycles. The molecule has 2 aromatic carbocycles. The highest BCUT2D eigenvalue weighted by atomic mass is 16.5. The van der Waals surface area contributed by atoms with E-state index in [4.69, 9.17) is 9.15 Å². The molecule has 0 saturated carbocycles. The summed E-state index contributed by atoms with van der Waals surface area (Å²) in [4.78, 5) is 26.1. The van der Waals surface area contributed by atoms with Crippen LogP contribution in [0.5, 0.6) is 0 Å². The van der Waals surface area contributed by atoms with Gasteiger partial charge in [-0.15, -0.1) is 0 Å². The van der Waals surface area contributed by atoms with E-state index < -0.39 is 17.5 Å². The van der Waals surface area contributed by atoms with Gasteiger partial charge in [-0.1, -0.05) is 48.0 Å². The van der Waals surface area contributed by atoms with E-state index >= 15 is 0 Å². The Morgan fingerprint density at radius 3 is 2.52 bits per heavy atom. The molecule has 1 heterocycles. The van der Waals surface area contributed by atoms with Crippen molar-refractivity contribution in [1.29, 1.82) is 0 Å². The van der Waals surface area contributed by atoms with Gasteiger partial charge >= 0.3 is 11.6 Å². The number of carbonyl (C=O) groups is 1. The largest absolute Gasteiger partial charge is 0.466 e. The van der Waals surface area contributed by atoms with Gasteiger partial charge in [0.15, 0.2) is 0 Å². The number of carbonyl (C=O) groups excluding carboxylic acids is 1. The maximum Gasteiger partial charge on any atom is 0.340 e. The van der Waals surface area contributed by atoms with Gasteiger partial charge in [-0.2, -0.15) is 0 Å². The molecule has 0 N–H and O–H groups in total. The molecule has 0 spiro atoms. The summed E-state index contributed by atoms with van der Waals surface area (Å²) < 4.78 is 11.1. The van der Waals surface area contributed by atoms with Gasteiger partial charge in [-0.05, 0) is 56.0 Å². The van der Waals surface area contributed by atoms with Crippen LogP contribution in [0.1, 0.15) is 47.6 Å². The summed E-state index contributed by atoms with van der Waals surface area (Å²) in [6.45, 7) is 8.02. The molecular weight excluding hydrogens is 364 g/mol. The Bertz CT molecular complexity index is 1180. The molecule has 148 valence electrons. The maximum atomic E-state index is 13.2. The summed E-state index contributed by atoms with van der Waals surface area (Å²) in [5, 5.41) is 0.924. The second kappa shape index (κ2) is 7.36. The van der Waals surface area contributed by atoms with Crippen molar-refractivity contribution in [3.05, 3.63) is 86.3 Å². The number of ether oxygens (including phenoxy) is 1. The van der Waals surface area contributed by atoms with Crippen molar-refractivity contribution in [2.24, 2.45) is 5.92 Å². The summed E-state index contributed by atoms with van der Waals surface area (Å²) in [7, 11) is 0. The van der Waals surface area contributed by atoms with Crippen LogP contribution < -0.4 is 5.63 Å². The Kier molecular flexibility index (Phi) is 4.87. The molecule has 1 aliphatic rings. The van der Waals surface area contributed by atoms with Crippen LogP contribution in [0.2, 0.25) is 0 Å². The normalized spacial score (nSPS) is 18.3. The van der Waals surface area contributed by atoms with Gasteiger partial charge < -0.3 is 9.15 Å². The topological polar surface area (TPSA) is 56.5 Å². The van der Waals surface area contributed by atoms with Crippen LogP contribution in [0.15, 0.2) is 57.2 Å². The first kappa shape index (κ1) is 19.2. The minimum atomic E-state index is -0.559. The highest BCUT2D eigenvalue weighted by Gasteiger charge is 2.40. The van der Waals surface area contributed by atoms with E-state index in [1.165, 1.54) is 0 Å². The van der Waals surface area contributed by atoms with Gasteiger partial charge in [0.1, 0.15) is 5.58 Å². The molecule has 3 aromatic rings. The third-order valence-electron chi connectivity index (χ3n) is 5.63. The molecule has 0 amide bonds. The summed E-state index contributed by atoms with van der Waals surface area (Å²) >= 11 is 0. The smallest absolute Gasteiger partial charge is 0.340 e. The summed E-state index contributed by atoms with van der Waals surface area (Å²) in [5.74, 6) is -1.33. The first-order valence-electron chi connectivity index (χ1n) is 9.90. The molecule has 0 radical (unpaired) electrons. The first-order chi connectivity index (χ1) is 13.9. The van der Waals surface area contributed by atoms with Gasteiger partial charge in [0, 0.05) is 11.3 Å².